The predicted molar refractivity (Wildman–Crippen MR) is 75.9 cm³/mol. The summed E-state index contributed by atoms with van der Waals surface area (Å²) in [5, 5.41) is 2.84. The molecule has 104 valence electrons. The first-order chi connectivity index (χ1) is 9.60. The molecule has 0 saturated carbocycles. The molecule has 0 saturated heterocycles. The van der Waals surface area contributed by atoms with Crippen LogP contribution in [-0.4, -0.2) is 18.0 Å². The molecule has 2 aromatic rings. The Balaban J connectivity index is 2.12. The van der Waals surface area contributed by atoms with Crippen LogP contribution in [0, 0.1) is 0 Å². The highest BCUT2D eigenvalue weighted by molar-refractivity contribution is 5.94. The van der Waals surface area contributed by atoms with Gasteiger partial charge >= 0.3 is 0 Å². The average Bonchev–Trinajstić information content (AvgIpc) is 2.47. The Labute approximate surface area is 116 Å². The maximum Gasteiger partial charge on any atom is 0.252 e. The highest BCUT2D eigenvalue weighted by Crippen LogP contribution is 2.18. The van der Waals surface area contributed by atoms with Crippen molar-refractivity contribution < 1.29 is 9.53 Å². The van der Waals surface area contributed by atoms with E-state index in [-0.39, 0.29) is 17.5 Å². The molecule has 1 aromatic heterocycles. The van der Waals surface area contributed by atoms with Crippen LogP contribution < -0.4 is 15.6 Å². The number of ether oxygens (including phenoxy) is 1. The summed E-state index contributed by atoms with van der Waals surface area (Å²) in [7, 11) is 1.60. The summed E-state index contributed by atoms with van der Waals surface area (Å²) in [6.45, 7) is 1.87. The molecule has 1 unspecified atom stereocenters. The Morgan fingerprint density at radius 1 is 1.30 bits per heavy atom. The van der Waals surface area contributed by atoms with Gasteiger partial charge in [-0.25, -0.2) is 0 Å². The van der Waals surface area contributed by atoms with Crippen LogP contribution in [0.4, 0.5) is 0 Å². The molecule has 1 heterocycles. The fourth-order valence-electron chi connectivity index (χ4n) is 1.86. The van der Waals surface area contributed by atoms with Crippen molar-refractivity contribution in [3.8, 4) is 5.75 Å². The quantitative estimate of drug-likeness (QED) is 0.892. The molecule has 0 bridgehead atoms. The van der Waals surface area contributed by atoms with Crippen LogP contribution in [0.15, 0.2) is 47.4 Å². The number of benzene rings is 1. The van der Waals surface area contributed by atoms with Crippen molar-refractivity contribution in [2.24, 2.45) is 0 Å². The van der Waals surface area contributed by atoms with Gasteiger partial charge in [0.05, 0.1) is 13.2 Å². The van der Waals surface area contributed by atoms with Gasteiger partial charge in [-0.1, -0.05) is 12.1 Å². The van der Waals surface area contributed by atoms with Crippen molar-refractivity contribution in [1.82, 2.24) is 10.3 Å². The monoisotopic (exact) mass is 272 g/mol. The minimum absolute atomic E-state index is 0.183. The van der Waals surface area contributed by atoms with Crippen LogP contribution in [-0.2, 0) is 0 Å². The normalized spacial score (nSPS) is 11.7. The van der Waals surface area contributed by atoms with E-state index in [4.69, 9.17) is 4.74 Å². The highest BCUT2D eigenvalue weighted by Gasteiger charge is 2.12. The van der Waals surface area contributed by atoms with Crippen molar-refractivity contribution in [2.45, 2.75) is 13.0 Å². The summed E-state index contributed by atoms with van der Waals surface area (Å²) >= 11 is 0. The molecule has 5 nitrogen and oxygen atoms in total. The topological polar surface area (TPSA) is 71.2 Å². The number of pyridine rings is 1. The fraction of sp³-hybridized carbons (Fsp3) is 0.200. The van der Waals surface area contributed by atoms with E-state index in [2.05, 4.69) is 10.3 Å². The standard InChI is InChI=1S/C15H16N2O3/c1-10(11-4-3-5-13(8-11)20-2)17-15(19)12-6-7-16-14(18)9-12/h3-10H,1-2H3,(H,16,18)(H,17,19). The van der Waals surface area contributed by atoms with E-state index in [0.29, 0.717) is 5.56 Å². The number of H-pyrrole nitrogens is 1. The third-order valence-electron chi connectivity index (χ3n) is 2.98. The van der Waals surface area contributed by atoms with E-state index in [1.807, 2.05) is 31.2 Å². The van der Waals surface area contributed by atoms with Gasteiger partial charge in [-0.2, -0.15) is 0 Å². The second kappa shape index (κ2) is 6.06. The fourth-order valence-corrected chi connectivity index (χ4v) is 1.86. The van der Waals surface area contributed by atoms with Crippen molar-refractivity contribution in [2.75, 3.05) is 7.11 Å². The zero-order chi connectivity index (χ0) is 14.5. The number of carbonyl (C=O) groups excluding carboxylic acids is 1. The molecule has 0 aliphatic heterocycles. The van der Waals surface area contributed by atoms with Crippen molar-refractivity contribution in [3.05, 3.63) is 64.1 Å². The second-order valence-electron chi connectivity index (χ2n) is 4.41. The van der Waals surface area contributed by atoms with Crippen LogP contribution in [0.3, 0.4) is 0 Å². The Morgan fingerprint density at radius 3 is 2.80 bits per heavy atom. The zero-order valence-electron chi connectivity index (χ0n) is 11.3. The summed E-state index contributed by atoms with van der Waals surface area (Å²) in [4.78, 5) is 25.7. The lowest BCUT2D eigenvalue weighted by Gasteiger charge is -2.15. The summed E-state index contributed by atoms with van der Waals surface area (Å²) in [6.07, 6.45) is 1.45. The van der Waals surface area contributed by atoms with E-state index in [1.54, 1.807) is 13.2 Å². The van der Waals surface area contributed by atoms with Crippen LogP contribution in [0.2, 0.25) is 0 Å². The Bertz CT molecular complexity index is 664. The van der Waals surface area contributed by atoms with Gasteiger partial charge < -0.3 is 15.0 Å². The summed E-state index contributed by atoms with van der Waals surface area (Å²) in [6, 6.07) is 10.1. The maximum atomic E-state index is 12.0. The predicted octanol–water partition coefficient (Wildman–Crippen LogP) is 1.87. The number of aromatic amines is 1. The highest BCUT2D eigenvalue weighted by atomic mass is 16.5. The molecule has 5 heteroatoms. The van der Waals surface area contributed by atoms with Crippen LogP contribution in [0.1, 0.15) is 28.9 Å². The van der Waals surface area contributed by atoms with Crippen LogP contribution in [0.25, 0.3) is 0 Å². The number of nitrogens with one attached hydrogen (secondary N) is 2. The lowest BCUT2D eigenvalue weighted by atomic mass is 10.1. The van der Waals surface area contributed by atoms with Crippen molar-refractivity contribution in [1.29, 1.82) is 0 Å². The number of hydrogen-bond acceptors (Lipinski definition) is 3. The van der Waals surface area contributed by atoms with Gasteiger partial charge in [0, 0.05) is 17.8 Å². The number of amides is 1. The van der Waals surface area contributed by atoms with Gasteiger partial charge in [0.15, 0.2) is 0 Å². The van der Waals surface area contributed by atoms with E-state index in [9.17, 15) is 9.59 Å². The first-order valence-electron chi connectivity index (χ1n) is 6.23. The molecule has 2 N–H and O–H groups in total. The molecular formula is C15H16N2O3. The SMILES string of the molecule is COc1cccc(C(C)NC(=O)c2cc[nH]c(=O)c2)c1. The molecule has 2 rings (SSSR count). The number of rotatable bonds is 4. The third kappa shape index (κ3) is 3.26. The van der Waals surface area contributed by atoms with E-state index in [0.717, 1.165) is 11.3 Å². The molecular weight excluding hydrogens is 256 g/mol. The van der Waals surface area contributed by atoms with Gasteiger partial charge in [-0.3, -0.25) is 9.59 Å². The Kier molecular flexibility index (Phi) is 4.20. The molecule has 0 aliphatic carbocycles. The van der Waals surface area contributed by atoms with Gasteiger partial charge in [0.25, 0.3) is 5.91 Å². The van der Waals surface area contributed by atoms with Crippen LogP contribution in [0.5, 0.6) is 5.75 Å². The zero-order valence-corrected chi connectivity index (χ0v) is 11.3. The number of aromatic nitrogens is 1. The van der Waals surface area contributed by atoms with Gasteiger partial charge in [-0.15, -0.1) is 0 Å². The largest absolute Gasteiger partial charge is 0.497 e. The van der Waals surface area contributed by atoms with E-state index in [1.165, 1.54) is 12.3 Å². The molecule has 0 fully saturated rings. The first-order valence-corrected chi connectivity index (χ1v) is 6.23. The van der Waals surface area contributed by atoms with E-state index < -0.39 is 0 Å². The molecule has 0 radical (unpaired) electrons. The number of methoxy groups -OCH3 is 1. The van der Waals surface area contributed by atoms with E-state index >= 15 is 0 Å². The molecule has 0 aliphatic rings. The average molecular weight is 272 g/mol. The molecule has 0 spiro atoms. The number of hydrogen-bond donors (Lipinski definition) is 2. The maximum absolute atomic E-state index is 12.0. The van der Waals surface area contributed by atoms with Crippen molar-refractivity contribution in [3.63, 3.8) is 0 Å². The number of carbonyl (C=O) groups is 1. The first kappa shape index (κ1) is 13.9. The smallest absolute Gasteiger partial charge is 0.252 e. The Hall–Kier alpha value is -2.56. The summed E-state index contributed by atoms with van der Waals surface area (Å²) in [5.41, 5.74) is 0.970. The van der Waals surface area contributed by atoms with Gasteiger partial charge in [-0.05, 0) is 30.7 Å². The summed E-state index contributed by atoms with van der Waals surface area (Å²) in [5.74, 6) is 0.450. The third-order valence-corrected chi connectivity index (χ3v) is 2.98. The second-order valence-corrected chi connectivity index (χ2v) is 4.41. The lowest BCUT2D eigenvalue weighted by molar-refractivity contribution is 0.0939. The van der Waals surface area contributed by atoms with Crippen LogP contribution >= 0.6 is 0 Å². The van der Waals surface area contributed by atoms with Gasteiger partial charge in [0.2, 0.25) is 5.56 Å². The Morgan fingerprint density at radius 2 is 2.10 bits per heavy atom. The van der Waals surface area contributed by atoms with Gasteiger partial charge in [0.1, 0.15) is 5.75 Å². The molecule has 1 aromatic carbocycles. The molecule has 1 atom stereocenters. The summed E-state index contributed by atoms with van der Waals surface area (Å²) < 4.78 is 5.15. The molecule has 20 heavy (non-hydrogen) atoms. The van der Waals surface area contributed by atoms with Crippen molar-refractivity contribution >= 4 is 5.91 Å². The minimum Gasteiger partial charge on any atom is -0.497 e. The minimum atomic E-state index is -0.299. The lowest BCUT2D eigenvalue weighted by Crippen LogP contribution is -2.27. The molecule has 1 amide bonds.